The van der Waals surface area contributed by atoms with Crippen LogP contribution in [0.25, 0.3) is 0 Å². The summed E-state index contributed by atoms with van der Waals surface area (Å²) in [6.45, 7) is 9.59. The van der Waals surface area contributed by atoms with Gasteiger partial charge >= 0.3 is 0 Å². The van der Waals surface area contributed by atoms with Crippen molar-refractivity contribution in [2.24, 2.45) is 5.10 Å². The van der Waals surface area contributed by atoms with E-state index < -0.39 is 5.91 Å². The Bertz CT molecular complexity index is 1200. The van der Waals surface area contributed by atoms with Crippen molar-refractivity contribution in [2.75, 3.05) is 26.4 Å². The molecule has 0 aliphatic heterocycles. The Hall–Kier alpha value is -3.91. The van der Waals surface area contributed by atoms with Crippen LogP contribution in [0.2, 0.25) is 5.02 Å². The van der Waals surface area contributed by atoms with Gasteiger partial charge in [0, 0.05) is 10.6 Å². The van der Waals surface area contributed by atoms with Gasteiger partial charge in [0.1, 0.15) is 6.61 Å². The van der Waals surface area contributed by atoms with Crippen molar-refractivity contribution >= 4 is 23.7 Å². The predicted molar refractivity (Wildman–Crippen MR) is 148 cm³/mol. The van der Waals surface area contributed by atoms with E-state index in [-0.39, 0.29) is 0 Å². The topological polar surface area (TPSA) is 87.6 Å². The number of hydrogen-bond acceptors (Lipinski definition) is 7. The third-order valence-electron chi connectivity index (χ3n) is 5.13. The summed E-state index contributed by atoms with van der Waals surface area (Å²) in [6.07, 6.45) is 1.53. The van der Waals surface area contributed by atoms with Gasteiger partial charge in [-0.15, -0.1) is 0 Å². The van der Waals surface area contributed by atoms with Gasteiger partial charge in [-0.3, -0.25) is 4.79 Å². The van der Waals surface area contributed by atoms with E-state index in [9.17, 15) is 4.79 Å². The van der Waals surface area contributed by atoms with Crippen LogP contribution in [0.15, 0.2) is 59.7 Å². The number of hydrogen-bond donors (Lipinski definition) is 1. The molecule has 8 nitrogen and oxygen atoms in total. The third-order valence-corrected chi connectivity index (χ3v) is 5.38. The molecule has 38 heavy (non-hydrogen) atoms. The van der Waals surface area contributed by atoms with Crippen LogP contribution in [-0.2, 0) is 6.61 Å². The van der Waals surface area contributed by atoms with Gasteiger partial charge in [-0.1, -0.05) is 23.7 Å². The fraction of sp³-hybridized carbons (Fsp3) is 0.310. The highest BCUT2D eigenvalue weighted by molar-refractivity contribution is 6.30. The number of amides is 1. The lowest BCUT2D eigenvalue weighted by molar-refractivity contribution is 0.0954. The zero-order valence-corrected chi connectivity index (χ0v) is 22.8. The first-order valence-corrected chi connectivity index (χ1v) is 12.9. The van der Waals surface area contributed by atoms with Crippen LogP contribution in [0, 0.1) is 0 Å². The molecular formula is C29H33ClN2O6. The lowest BCUT2D eigenvalue weighted by Crippen LogP contribution is -2.18. The van der Waals surface area contributed by atoms with Crippen molar-refractivity contribution in [1.29, 1.82) is 0 Å². The predicted octanol–water partition coefficient (Wildman–Crippen LogP) is 6.28. The maximum Gasteiger partial charge on any atom is 0.271 e. The Kier molecular flexibility index (Phi) is 11.1. The minimum Gasteiger partial charge on any atom is -0.490 e. The van der Waals surface area contributed by atoms with Gasteiger partial charge in [-0.2, -0.15) is 5.10 Å². The van der Waals surface area contributed by atoms with Gasteiger partial charge < -0.3 is 23.7 Å². The number of nitrogens with one attached hydrogen (secondary N) is 1. The van der Waals surface area contributed by atoms with Crippen molar-refractivity contribution in [3.05, 3.63) is 76.3 Å². The number of rotatable bonds is 14. The molecule has 0 radical (unpaired) electrons. The first kappa shape index (κ1) is 28.7. The summed E-state index contributed by atoms with van der Waals surface area (Å²) < 4.78 is 28.8. The molecule has 9 heteroatoms. The van der Waals surface area contributed by atoms with Crippen LogP contribution >= 0.6 is 11.6 Å². The second-order valence-electron chi connectivity index (χ2n) is 7.85. The molecule has 0 bridgehead atoms. The Morgan fingerprint density at radius 3 is 1.97 bits per heavy atom. The van der Waals surface area contributed by atoms with Gasteiger partial charge in [0.15, 0.2) is 23.0 Å². The van der Waals surface area contributed by atoms with E-state index in [0.717, 1.165) is 11.1 Å². The molecule has 1 N–H and O–H groups in total. The average molecular weight is 541 g/mol. The molecule has 0 saturated heterocycles. The van der Waals surface area contributed by atoms with Crippen molar-refractivity contribution in [2.45, 2.75) is 34.3 Å². The summed E-state index contributed by atoms with van der Waals surface area (Å²) in [5.41, 5.74) is 4.59. The summed E-state index contributed by atoms with van der Waals surface area (Å²) in [7, 11) is 0. The molecule has 0 fully saturated rings. The highest BCUT2D eigenvalue weighted by Crippen LogP contribution is 2.39. The van der Waals surface area contributed by atoms with Crippen LogP contribution in [0.1, 0.15) is 49.2 Å². The van der Waals surface area contributed by atoms with E-state index in [1.807, 2.05) is 58.0 Å². The molecular weight excluding hydrogens is 508 g/mol. The summed E-state index contributed by atoms with van der Waals surface area (Å²) in [4.78, 5) is 12.9. The van der Waals surface area contributed by atoms with E-state index in [1.165, 1.54) is 6.21 Å². The zero-order chi connectivity index (χ0) is 27.3. The van der Waals surface area contributed by atoms with Crippen molar-refractivity contribution in [3.8, 4) is 28.7 Å². The smallest absolute Gasteiger partial charge is 0.271 e. The molecule has 202 valence electrons. The number of nitrogens with zero attached hydrogens (tertiary/aromatic N) is 1. The minimum absolute atomic E-state index is 0.332. The summed E-state index contributed by atoms with van der Waals surface area (Å²) >= 11 is 5.95. The SMILES string of the molecule is CCOc1cc(C=NNC(=O)c2cc(OCC)c(OCC)c(OCC)c2)ccc1OCc1ccc(Cl)cc1. The fourth-order valence-corrected chi connectivity index (χ4v) is 3.61. The highest BCUT2D eigenvalue weighted by Gasteiger charge is 2.18. The first-order chi connectivity index (χ1) is 18.5. The second-order valence-corrected chi connectivity index (χ2v) is 8.29. The molecule has 0 atom stereocenters. The lowest BCUT2D eigenvalue weighted by atomic mass is 10.1. The fourth-order valence-electron chi connectivity index (χ4n) is 3.48. The highest BCUT2D eigenvalue weighted by atomic mass is 35.5. The van der Waals surface area contributed by atoms with Crippen LogP contribution in [0.3, 0.4) is 0 Å². The molecule has 0 spiro atoms. The molecule has 0 heterocycles. The molecule has 0 aromatic heterocycles. The van der Waals surface area contributed by atoms with E-state index in [4.69, 9.17) is 35.3 Å². The number of hydrazone groups is 1. The van der Waals surface area contributed by atoms with Gasteiger partial charge in [0.05, 0.1) is 32.6 Å². The Balaban J connectivity index is 1.72. The normalized spacial score (nSPS) is 10.8. The van der Waals surface area contributed by atoms with E-state index >= 15 is 0 Å². The van der Waals surface area contributed by atoms with Crippen molar-refractivity contribution < 1.29 is 28.5 Å². The molecule has 0 unspecified atom stereocenters. The number of halogens is 1. The maximum atomic E-state index is 12.9. The molecule has 3 aromatic rings. The van der Waals surface area contributed by atoms with E-state index in [2.05, 4.69) is 10.5 Å². The summed E-state index contributed by atoms with van der Waals surface area (Å²) in [6, 6.07) is 16.1. The quantitative estimate of drug-likeness (QED) is 0.191. The third kappa shape index (κ3) is 8.05. The Labute approximate surface area is 228 Å². The number of ether oxygens (including phenoxy) is 5. The standard InChI is InChI=1S/C29H33ClN2O6/c1-5-34-25-15-21(11-14-24(25)38-19-20-9-12-23(30)13-10-20)18-31-32-29(33)22-16-26(35-6-2)28(37-8-4)27(17-22)36-7-3/h9-18H,5-8,19H2,1-4H3,(H,32,33). The number of carbonyl (C=O) groups excluding carboxylic acids is 1. The molecule has 0 aliphatic carbocycles. The largest absolute Gasteiger partial charge is 0.490 e. The zero-order valence-electron chi connectivity index (χ0n) is 22.1. The Morgan fingerprint density at radius 2 is 1.37 bits per heavy atom. The summed E-state index contributed by atoms with van der Waals surface area (Å²) in [5.74, 6) is 2.10. The van der Waals surface area contributed by atoms with Crippen LogP contribution in [0.5, 0.6) is 28.7 Å². The second kappa shape index (κ2) is 14.7. The Morgan fingerprint density at radius 1 is 0.763 bits per heavy atom. The van der Waals surface area contributed by atoms with Gasteiger partial charge in [-0.05, 0) is 81.3 Å². The minimum atomic E-state index is -0.417. The average Bonchev–Trinajstić information content (AvgIpc) is 2.91. The van der Waals surface area contributed by atoms with Crippen LogP contribution < -0.4 is 29.1 Å². The maximum absolute atomic E-state index is 12.9. The van der Waals surface area contributed by atoms with Crippen LogP contribution in [-0.4, -0.2) is 38.5 Å². The molecule has 1 amide bonds. The van der Waals surface area contributed by atoms with Gasteiger partial charge in [0.25, 0.3) is 5.91 Å². The lowest BCUT2D eigenvalue weighted by Gasteiger charge is -2.16. The van der Waals surface area contributed by atoms with Crippen molar-refractivity contribution in [3.63, 3.8) is 0 Å². The molecule has 3 rings (SSSR count). The van der Waals surface area contributed by atoms with E-state index in [0.29, 0.717) is 72.4 Å². The first-order valence-electron chi connectivity index (χ1n) is 12.5. The van der Waals surface area contributed by atoms with E-state index in [1.54, 1.807) is 24.3 Å². The monoisotopic (exact) mass is 540 g/mol. The van der Waals surface area contributed by atoms with Gasteiger partial charge in [0.2, 0.25) is 5.75 Å². The summed E-state index contributed by atoms with van der Waals surface area (Å²) in [5, 5.41) is 4.79. The molecule has 3 aromatic carbocycles. The molecule has 0 saturated carbocycles. The number of carbonyl (C=O) groups is 1. The van der Waals surface area contributed by atoms with Crippen LogP contribution in [0.4, 0.5) is 0 Å². The van der Waals surface area contributed by atoms with Crippen molar-refractivity contribution in [1.82, 2.24) is 5.43 Å². The molecule has 0 aliphatic rings. The van der Waals surface area contributed by atoms with Gasteiger partial charge in [-0.25, -0.2) is 5.43 Å². The number of benzene rings is 3.